The number of ketones is 1. The van der Waals surface area contributed by atoms with Crippen LogP contribution in [0.2, 0.25) is 0 Å². The summed E-state index contributed by atoms with van der Waals surface area (Å²) < 4.78 is 31.2. The molecule has 1 aromatic carbocycles. The van der Waals surface area contributed by atoms with Crippen molar-refractivity contribution in [3.05, 3.63) is 47.5 Å². The molecule has 1 aliphatic carbocycles. The van der Waals surface area contributed by atoms with Gasteiger partial charge in [-0.15, -0.1) is 0 Å². The number of carbonyl (C=O) groups is 4. The Morgan fingerprint density at radius 2 is 1.81 bits per heavy atom. The molecule has 8 heteroatoms. The predicted molar refractivity (Wildman–Crippen MR) is 88.2 cm³/mol. The van der Waals surface area contributed by atoms with Gasteiger partial charge in [0.25, 0.3) is 0 Å². The third-order valence-corrected chi connectivity index (χ3v) is 5.05. The monoisotopic (exact) mass is 377 g/mol. The van der Waals surface area contributed by atoms with Crippen LogP contribution in [0.5, 0.6) is 0 Å². The topological polar surface area (TPSA) is 80.8 Å². The fourth-order valence-electron chi connectivity index (χ4n) is 3.53. The molecule has 1 aliphatic heterocycles. The van der Waals surface area contributed by atoms with Gasteiger partial charge < -0.3 is 4.74 Å². The lowest BCUT2D eigenvalue weighted by Crippen LogP contribution is -2.39. The van der Waals surface area contributed by atoms with E-state index >= 15 is 0 Å². The van der Waals surface area contributed by atoms with E-state index in [0.717, 1.165) is 23.1 Å². The van der Waals surface area contributed by atoms with Gasteiger partial charge in [-0.25, -0.2) is 8.78 Å². The first-order valence-corrected chi connectivity index (χ1v) is 8.37. The Kier molecular flexibility index (Phi) is 4.91. The van der Waals surface area contributed by atoms with Gasteiger partial charge in [0, 0.05) is 12.6 Å². The minimum atomic E-state index is -1.18. The Morgan fingerprint density at radius 1 is 1.11 bits per heavy atom. The van der Waals surface area contributed by atoms with Crippen molar-refractivity contribution in [2.45, 2.75) is 6.92 Å². The molecule has 2 amide bonds. The van der Waals surface area contributed by atoms with Crippen molar-refractivity contribution >= 4 is 23.6 Å². The number of Topliss-reactive ketones (excluding diaryl/α,β-unsaturated/α-hetero) is 1. The van der Waals surface area contributed by atoms with Gasteiger partial charge in [0.2, 0.25) is 11.8 Å². The fraction of sp³-hybridized carbons (Fsp3) is 0.368. The molecule has 1 aromatic rings. The highest BCUT2D eigenvalue weighted by atomic mass is 19.2. The van der Waals surface area contributed by atoms with E-state index in [1.54, 1.807) is 19.1 Å². The zero-order valence-electron chi connectivity index (χ0n) is 14.6. The number of imide groups is 1. The maximum atomic E-state index is 13.2. The number of amides is 2. The quantitative estimate of drug-likeness (QED) is 0.346. The molecule has 4 atom stereocenters. The molecule has 2 aliphatic rings. The standard InChI is InChI=1S/C19H17F2NO5/c1-9-3-5-11-16(18(25)22(2)17(11)24)15(9)19(26)27-8-14(23)10-4-6-12(20)13(21)7-10/h3-7,9,11,15-16H,8H2,1-2H3/t9-,11+,15+,16-/m1/s1. The number of carbonyl (C=O) groups excluding carboxylic acids is 4. The average Bonchev–Trinajstić information content (AvgIpc) is 2.86. The summed E-state index contributed by atoms with van der Waals surface area (Å²) in [6.45, 7) is 1.04. The van der Waals surface area contributed by atoms with E-state index in [1.165, 1.54) is 7.05 Å². The first kappa shape index (κ1) is 18.9. The number of likely N-dealkylation sites (tertiary alicyclic amines) is 1. The summed E-state index contributed by atoms with van der Waals surface area (Å²) in [5.74, 6) is -7.46. The van der Waals surface area contributed by atoms with Crippen LogP contribution < -0.4 is 0 Å². The molecule has 1 heterocycles. The van der Waals surface area contributed by atoms with Crippen LogP contribution in [0.4, 0.5) is 8.78 Å². The summed E-state index contributed by atoms with van der Waals surface area (Å²) in [5, 5.41) is 0. The molecule has 0 unspecified atom stereocenters. The summed E-state index contributed by atoms with van der Waals surface area (Å²) >= 11 is 0. The van der Waals surface area contributed by atoms with Crippen molar-refractivity contribution < 1.29 is 32.7 Å². The molecule has 142 valence electrons. The van der Waals surface area contributed by atoms with Crippen molar-refractivity contribution in [2.24, 2.45) is 23.7 Å². The highest BCUT2D eigenvalue weighted by Gasteiger charge is 2.53. The second-order valence-corrected chi connectivity index (χ2v) is 6.72. The van der Waals surface area contributed by atoms with E-state index in [2.05, 4.69) is 0 Å². The number of rotatable bonds is 4. The zero-order valence-corrected chi connectivity index (χ0v) is 14.6. The molecule has 1 saturated heterocycles. The number of hydrogen-bond donors (Lipinski definition) is 0. The molecule has 0 radical (unpaired) electrons. The highest BCUT2D eigenvalue weighted by molar-refractivity contribution is 6.07. The molecule has 0 bridgehead atoms. The molecule has 1 fully saturated rings. The highest BCUT2D eigenvalue weighted by Crippen LogP contribution is 2.41. The number of hydrogen-bond acceptors (Lipinski definition) is 5. The molecule has 0 N–H and O–H groups in total. The molecule has 6 nitrogen and oxygen atoms in total. The second kappa shape index (κ2) is 7.02. The first-order valence-electron chi connectivity index (χ1n) is 8.37. The third-order valence-electron chi connectivity index (χ3n) is 5.05. The molecule has 27 heavy (non-hydrogen) atoms. The number of fused-ring (bicyclic) bond motifs is 1. The van der Waals surface area contributed by atoms with E-state index in [9.17, 15) is 28.0 Å². The largest absolute Gasteiger partial charge is 0.457 e. The average molecular weight is 377 g/mol. The zero-order chi connectivity index (χ0) is 19.9. The van der Waals surface area contributed by atoms with Crippen LogP contribution in [-0.4, -0.2) is 42.1 Å². The third kappa shape index (κ3) is 3.27. The van der Waals surface area contributed by atoms with Gasteiger partial charge in [-0.3, -0.25) is 24.1 Å². The van der Waals surface area contributed by atoms with Crippen LogP contribution in [0.3, 0.4) is 0 Å². The van der Waals surface area contributed by atoms with Gasteiger partial charge in [0.05, 0.1) is 17.8 Å². The Hall–Kier alpha value is -2.90. The van der Waals surface area contributed by atoms with Crippen LogP contribution in [0, 0.1) is 35.3 Å². The Bertz CT molecular complexity index is 866. The van der Waals surface area contributed by atoms with Gasteiger partial charge in [-0.1, -0.05) is 19.1 Å². The predicted octanol–water partition coefficient (Wildman–Crippen LogP) is 1.74. The van der Waals surface area contributed by atoms with E-state index in [1.807, 2.05) is 0 Å². The van der Waals surface area contributed by atoms with Gasteiger partial charge in [0.1, 0.15) is 0 Å². The van der Waals surface area contributed by atoms with Crippen molar-refractivity contribution in [3.63, 3.8) is 0 Å². The van der Waals surface area contributed by atoms with Crippen molar-refractivity contribution in [1.82, 2.24) is 4.90 Å². The first-order chi connectivity index (χ1) is 12.7. The summed E-state index contributed by atoms with van der Waals surface area (Å²) in [7, 11) is 1.36. The summed E-state index contributed by atoms with van der Waals surface area (Å²) in [4.78, 5) is 50.1. The summed E-state index contributed by atoms with van der Waals surface area (Å²) in [6, 6.07) is 2.62. The molecular formula is C19H17F2NO5. The van der Waals surface area contributed by atoms with E-state index in [-0.39, 0.29) is 17.4 Å². The van der Waals surface area contributed by atoms with Crippen molar-refractivity contribution in [2.75, 3.05) is 13.7 Å². The van der Waals surface area contributed by atoms with Crippen LogP contribution in [0.25, 0.3) is 0 Å². The van der Waals surface area contributed by atoms with Crippen LogP contribution in [0.15, 0.2) is 30.4 Å². The number of benzene rings is 1. The Morgan fingerprint density at radius 3 is 2.48 bits per heavy atom. The van der Waals surface area contributed by atoms with Gasteiger partial charge >= 0.3 is 5.97 Å². The van der Waals surface area contributed by atoms with E-state index in [0.29, 0.717) is 0 Å². The number of halogens is 2. The Labute approximate surface area is 153 Å². The lowest BCUT2D eigenvalue weighted by Gasteiger charge is -2.29. The van der Waals surface area contributed by atoms with E-state index in [4.69, 9.17) is 4.74 Å². The van der Waals surface area contributed by atoms with Crippen molar-refractivity contribution in [1.29, 1.82) is 0 Å². The Balaban J connectivity index is 1.72. The normalized spacial score (nSPS) is 26.9. The molecule has 0 spiro atoms. The summed E-state index contributed by atoms with van der Waals surface area (Å²) in [5.41, 5.74) is -0.136. The van der Waals surface area contributed by atoms with Crippen LogP contribution >= 0.6 is 0 Å². The second-order valence-electron chi connectivity index (χ2n) is 6.72. The molecule has 0 saturated carbocycles. The maximum absolute atomic E-state index is 13.2. The van der Waals surface area contributed by atoms with Crippen molar-refractivity contribution in [3.8, 4) is 0 Å². The molecule has 3 rings (SSSR count). The molecule has 0 aromatic heterocycles. The van der Waals surface area contributed by atoms with E-state index < -0.39 is 53.7 Å². The minimum absolute atomic E-state index is 0.136. The number of allylic oxidation sites excluding steroid dienone is 1. The smallest absolute Gasteiger partial charge is 0.310 e. The van der Waals surface area contributed by atoms with Gasteiger partial charge in [0.15, 0.2) is 24.0 Å². The van der Waals surface area contributed by atoms with Crippen LogP contribution in [-0.2, 0) is 19.1 Å². The van der Waals surface area contributed by atoms with Gasteiger partial charge in [-0.2, -0.15) is 0 Å². The number of ether oxygens (including phenoxy) is 1. The lowest BCUT2D eigenvalue weighted by molar-refractivity contribution is -0.154. The molecular weight excluding hydrogens is 360 g/mol. The SMILES string of the molecule is C[C@@H]1C=C[C@@H]2C(=O)N(C)C(=O)[C@H]2[C@H]1C(=O)OCC(=O)c1ccc(F)c(F)c1. The maximum Gasteiger partial charge on any atom is 0.310 e. The summed E-state index contributed by atoms with van der Waals surface area (Å²) in [6.07, 6.45) is 3.30. The van der Waals surface area contributed by atoms with Crippen LogP contribution in [0.1, 0.15) is 17.3 Å². The lowest BCUT2D eigenvalue weighted by atomic mass is 9.72. The number of esters is 1. The fourth-order valence-corrected chi connectivity index (χ4v) is 3.53. The van der Waals surface area contributed by atoms with Gasteiger partial charge in [-0.05, 0) is 24.1 Å². The minimum Gasteiger partial charge on any atom is -0.457 e. The number of nitrogens with zero attached hydrogens (tertiary/aromatic N) is 1.